The van der Waals surface area contributed by atoms with Crippen molar-refractivity contribution in [3.63, 3.8) is 0 Å². The maximum atomic E-state index is 9.02. The van der Waals surface area contributed by atoms with E-state index in [-0.39, 0.29) is 6.04 Å². The molecule has 1 atom stereocenters. The molecule has 0 amide bonds. The van der Waals surface area contributed by atoms with E-state index >= 15 is 0 Å². The highest BCUT2D eigenvalue weighted by Crippen LogP contribution is 2.38. The van der Waals surface area contributed by atoms with Crippen LogP contribution in [0.3, 0.4) is 0 Å². The van der Waals surface area contributed by atoms with E-state index in [4.69, 9.17) is 14.7 Å². The lowest BCUT2D eigenvalue weighted by Crippen LogP contribution is -2.14. The van der Waals surface area contributed by atoms with E-state index in [1.807, 2.05) is 6.07 Å². The predicted octanol–water partition coefficient (Wildman–Crippen LogP) is 2.00. The lowest BCUT2D eigenvalue weighted by molar-refractivity contribution is 0.348. The van der Waals surface area contributed by atoms with Crippen LogP contribution in [0.4, 0.5) is 0 Å². The zero-order chi connectivity index (χ0) is 12.3. The van der Waals surface area contributed by atoms with Gasteiger partial charge in [0.05, 0.1) is 25.9 Å². The van der Waals surface area contributed by atoms with Gasteiger partial charge in [-0.2, -0.15) is 5.26 Å². The highest BCUT2D eigenvalue weighted by molar-refractivity contribution is 5.53. The molecule has 4 nitrogen and oxygen atoms in total. The summed E-state index contributed by atoms with van der Waals surface area (Å²) in [5, 5.41) is 12.4. The summed E-state index contributed by atoms with van der Waals surface area (Å²) in [6, 6.07) is 6.00. The van der Waals surface area contributed by atoms with Gasteiger partial charge in [-0.05, 0) is 25.5 Å². The molecule has 1 N–H and O–H groups in total. The number of benzene rings is 1. The quantitative estimate of drug-likeness (QED) is 0.866. The van der Waals surface area contributed by atoms with Crippen LogP contribution in [0.5, 0.6) is 11.5 Å². The van der Waals surface area contributed by atoms with Crippen LogP contribution in [-0.4, -0.2) is 20.8 Å². The fourth-order valence-electron chi connectivity index (χ4n) is 2.27. The third-order valence-corrected chi connectivity index (χ3v) is 3.07. The van der Waals surface area contributed by atoms with Gasteiger partial charge in [-0.1, -0.05) is 0 Å². The van der Waals surface area contributed by atoms with Crippen LogP contribution in [0.15, 0.2) is 12.1 Å². The molecule has 0 aliphatic carbocycles. The van der Waals surface area contributed by atoms with Gasteiger partial charge in [0, 0.05) is 17.7 Å². The van der Waals surface area contributed by atoms with Crippen LogP contribution in [0.2, 0.25) is 0 Å². The number of nitrogens with one attached hydrogen (secondary N) is 1. The van der Waals surface area contributed by atoms with Crippen molar-refractivity contribution >= 4 is 0 Å². The Morgan fingerprint density at radius 1 is 1.35 bits per heavy atom. The van der Waals surface area contributed by atoms with Crippen molar-refractivity contribution in [3.8, 4) is 17.6 Å². The van der Waals surface area contributed by atoms with Gasteiger partial charge in [-0.3, -0.25) is 0 Å². The Bertz CT molecular complexity index is 445. The Balaban J connectivity index is 2.50. The number of ether oxygens (including phenoxy) is 2. The average Bonchev–Trinajstić information content (AvgIpc) is 2.90. The zero-order valence-electron chi connectivity index (χ0n) is 10.1. The predicted molar refractivity (Wildman–Crippen MR) is 64.2 cm³/mol. The molecule has 0 aromatic heterocycles. The van der Waals surface area contributed by atoms with Gasteiger partial charge >= 0.3 is 0 Å². The van der Waals surface area contributed by atoms with Gasteiger partial charge in [-0.15, -0.1) is 0 Å². The minimum Gasteiger partial charge on any atom is -0.493 e. The Morgan fingerprint density at radius 2 is 2.18 bits per heavy atom. The molecule has 1 aromatic rings. The molecule has 0 spiro atoms. The maximum Gasteiger partial charge on any atom is 0.165 e. The SMILES string of the molecule is COc1cc(C#N)cc(C2CCCN2)c1OC. The summed E-state index contributed by atoms with van der Waals surface area (Å²) in [6.45, 7) is 1.01. The first kappa shape index (κ1) is 11.7. The van der Waals surface area contributed by atoms with Crippen molar-refractivity contribution in [2.75, 3.05) is 20.8 Å². The number of methoxy groups -OCH3 is 2. The van der Waals surface area contributed by atoms with Crippen LogP contribution < -0.4 is 14.8 Å². The molecule has 2 rings (SSSR count). The first-order valence-corrected chi connectivity index (χ1v) is 5.69. The van der Waals surface area contributed by atoms with Gasteiger partial charge < -0.3 is 14.8 Å². The monoisotopic (exact) mass is 232 g/mol. The third kappa shape index (κ3) is 2.20. The fourth-order valence-corrected chi connectivity index (χ4v) is 2.27. The van der Waals surface area contributed by atoms with Crippen molar-refractivity contribution in [1.82, 2.24) is 5.32 Å². The molecular weight excluding hydrogens is 216 g/mol. The van der Waals surface area contributed by atoms with E-state index in [0.717, 1.165) is 30.7 Å². The number of hydrogen-bond acceptors (Lipinski definition) is 4. The lowest BCUT2D eigenvalue weighted by Gasteiger charge is -2.18. The van der Waals surface area contributed by atoms with Crippen molar-refractivity contribution < 1.29 is 9.47 Å². The van der Waals surface area contributed by atoms with Crippen molar-refractivity contribution in [2.45, 2.75) is 18.9 Å². The van der Waals surface area contributed by atoms with E-state index in [1.54, 1.807) is 20.3 Å². The normalized spacial score (nSPS) is 18.8. The molecule has 4 heteroatoms. The van der Waals surface area contributed by atoms with E-state index < -0.39 is 0 Å². The zero-order valence-corrected chi connectivity index (χ0v) is 10.1. The Kier molecular flexibility index (Phi) is 3.50. The van der Waals surface area contributed by atoms with Crippen LogP contribution >= 0.6 is 0 Å². The van der Waals surface area contributed by atoms with E-state index in [9.17, 15) is 0 Å². The maximum absolute atomic E-state index is 9.02. The van der Waals surface area contributed by atoms with Gasteiger partial charge in [0.15, 0.2) is 11.5 Å². The first-order valence-electron chi connectivity index (χ1n) is 5.69. The summed E-state index contributed by atoms with van der Waals surface area (Å²) in [5.41, 5.74) is 1.62. The van der Waals surface area contributed by atoms with Crippen LogP contribution in [0.25, 0.3) is 0 Å². The second-order valence-corrected chi connectivity index (χ2v) is 4.06. The number of nitriles is 1. The molecule has 0 radical (unpaired) electrons. The Labute approximate surface area is 101 Å². The second kappa shape index (κ2) is 5.07. The highest BCUT2D eigenvalue weighted by Gasteiger charge is 2.23. The van der Waals surface area contributed by atoms with Gasteiger partial charge in [0.2, 0.25) is 0 Å². The standard InChI is InChI=1S/C13H16N2O2/c1-16-12-7-9(8-14)6-10(13(12)17-2)11-4-3-5-15-11/h6-7,11,15H,3-5H2,1-2H3. The minimum absolute atomic E-state index is 0.257. The molecular formula is C13H16N2O2. The molecule has 1 fully saturated rings. The lowest BCUT2D eigenvalue weighted by atomic mass is 10.0. The van der Waals surface area contributed by atoms with Gasteiger partial charge in [0.25, 0.3) is 0 Å². The van der Waals surface area contributed by atoms with E-state index in [1.165, 1.54) is 0 Å². The molecule has 1 aliphatic rings. The topological polar surface area (TPSA) is 54.3 Å². The average molecular weight is 232 g/mol. The van der Waals surface area contributed by atoms with Crippen LogP contribution in [0.1, 0.15) is 30.0 Å². The number of rotatable bonds is 3. The largest absolute Gasteiger partial charge is 0.493 e. The molecule has 0 bridgehead atoms. The molecule has 17 heavy (non-hydrogen) atoms. The summed E-state index contributed by atoms with van der Waals surface area (Å²) < 4.78 is 10.7. The third-order valence-electron chi connectivity index (χ3n) is 3.07. The summed E-state index contributed by atoms with van der Waals surface area (Å²) in [4.78, 5) is 0. The highest BCUT2D eigenvalue weighted by atomic mass is 16.5. The molecule has 90 valence electrons. The van der Waals surface area contributed by atoms with Crippen LogP contribution in [0, 0.1) is 11.3 Å². The van der Waals surface area contributed by atoms with E-state index in [0.29, 0.717) is 11.3 Å². The van der Waals surface area contributed by atoms with Crippen molar-refractivity contribution in [1.29, 1.82) is 5.26 Å². The summed E-state index contributed by atoms with van der Waals surface area (Å²) in [6.07, 6.45) is 2.21. The first-order chi connectivity index (χ1) is 8.30. The summed E-state index contributed by atoms with van der Waals surface area (Å²) in [7, 11) is 3.22. The number of nitrogens with zero attached hydrogens (tertiary/aromatic N) is 1. The van der Waals surface area contributed by atoms with Gasteiger partial charge in [-0.25, -0.2) is 0 Å². The summed E-state index contributed by atoms with van der Waals surface area (Å²) >= 11 is 0. The molecule has 1 aliphatic heterocycles. The summed E-state index contributed by atoms with van der Waals surface area (Å²) in [5.74, 6) is 1.35. The number of hydrogen-bond donors (Lipinski definition) is 1. The molecule has 0 saturated carbocycles. The molecule has 1 heterocycles. The Morgan fingerprint density at radius 3 is 2.71 bits per heavy atom. The van der Waals surface area contributed by atoms with Crippen molar-refractivity contribution in [3.05, 3.63) is 23.3 Å². The molecule has 1 unspecified atom stereocenters. The minimum atomic E-state index is 0.257. The van der Waals surface area contributed by atoms with Gasteiger partial charge in [0.1, 0.15) is 0 Å². The smallest absolute Gasteiger partial charge is 0.165 e. The van der Waals surface area contributed by atoms with E-state index in [2.05, 4.69) is 11.4 Å². The Hall–Kier alpha value is -1.73. The molecule has 1 saturated heterocycles. The van der Waals surface area contributed by atoms with Crippen molar-refractivity contribution in [2.24, 2.45) is 0 Å². The second-order valence-electron chi connectivity index (χ2n) is 4.06. The van der Waals surface area contributed by atoms with Crippen LogP contribution in [-0.2, 0) is 0 Å². The fraction of sp³-hybridized carbons (Fsp3) is 0.462. The molecule has 1 aromatic carbocycles.